The van der Waals surface area contributed by atoms with Crippen LogP contribution in [0.15, 0.2) is 78.9 Å². The van der Waals surface area contributed by atoms with E-state index in [-0.39, 0.29) is 30.4 Å². The number of nitrogens with one attached hydrogen (secondary N) is 2. The molecule has 5 nitrogen and oxygen atoms in total. The Morgan fingerprint density at radius 1 is 0.886 bits per heavy atom. The molecular weight excluding hydrogens is 434 g/mol. The minimum atomic E-state index is -0.345. The lowest BCUT2D eigenvalue weighted by molar-refractivity contribution is -0.122. The van der Waals surface area contributed by atoms with E-state index in [1.54, 1.807) is 4.90 Å². The van der Waals surface area contributed by atoms with Gasteiger partial charge in [-0.3, -0.25) is 9.59 Å². The maximum absolute atomic E-state index is 13.6. The highest BCUT2D eigenvalue weighted by atomic mass is 16.2. The molecule has 0 spiro atoms. The molecule has 0 unspecified atom stereocenters. The number of aromatic nitrogens is 1. The summed E-state index contributed by atoms with van der Waals surface area (Å²) in [4.78, 5) is 32.2. The van der Waals surface area contributed by atoms with Gasteiger partial charge in [0.15, 0.2) is 0 Å². The highest BCUT2D eigenvalue weighted by molar-refractivity contribution is 6.03. The first-order chi connectivity index (χ1) is 17.2. The number of hydrogen-bond donors (Lipinski definition) is 2. The first-order valence-electron chi connectivity index (χ1n) is 12.6. The van der Waals surface area contributed by atoms with Crippen molar-refractivity contribution >= 4 is 22.7 Å². The minimum absolute atomic E-state index is 0.0441. The number of aromatic amines is 1. The van der Waals surface area contributed by atoms with Gasteiger partial charge < -0.3 is 15.2 Å². The van der Waals surface area contributed by atoms with Crippen molar-refractivity contribution in [3.63, 3.8) is 0 Å². The molecule has 1 fully saturated rings. The van der Waals surface area contributed by atoms with E-state index in [0.29, 0.717) is 5.56 Å². The number of amides is 2. The lowest BCUT2D eigenvalue weighted by atomic mass is 9.93. The largest absolute Gasteiger partial charge is 0.354 e. The van der Waals surface area contributed by atoms with Crippen LogP contribution in [0.25, 0.3) is 22.2 Å². The van der Waals surface area contributed by atoms with E-state index in [9.17, 15) is 9.59 Å². The van der Waals surface area contributed by atoms with Gasteiger partial charge in [0.25, 0.3) is 5.91 Å². The van der Waals surface area contributed by atoms with Gasteiger partial charge in [-0.25, -0.2) is 0 Å². The Labute approximate surface area is 205 Å². The van der Waals surface area contributed by atoms with Crippen molar-refractivity contribution in [3.8, 4) is 11.3 Å². The van der Waals surface area contributed by atoms with Crippen LogP contribution in [0.4, 0.5) is 0 Å². The Morgan fingerprint density at radius 2 is 1.60 bits per heavy atom. The fourth-order valence-electron chi connectivity index (χ4n) is 5.80. The van der Waals surface area contributed by atoms with E-state index in [1.165, 1.54) is 6.42 Å². The average molecular weight is 464 g/mol. The van der Waals surface area contributed by atoms with Crippen molar-refractivity contribution in [3.05, 3.63) is 95.6 Å². The number of H-pyrrole nitrogens is 1. The third-order valence-corrected chi connectivity index (χ3v) is 7.42. The smallest absolute Gasteiger partial charge is 0.255 e. The quantitative estimate of drug-likeness (QED) is 0.391. The van der Waals surface area contributed by atoms with E-state index >= 15 is 0 Å². The second kappa shape index (κ2) is 9.06. The first kappa shape index (κ1) is 21.7. The van der Waals surface area contributed by atoms with Crippen LogP contribution >= 0.6 is 0 Å². The molecule has 0 saturated heterocycles. The van der Waals surface area contributed by atoms with Gasteiger partial charge in [0.05, 0.1) is 11.7 Å². The van der Waals surface area contributed by atoms with Crippen molar-refractivity contribution in [1.82, 2.24) is 15.2 Å². The molecule has 1 saturated carbocycles. The van der Waals surface area contributed by atoms with Crippen LogP contribution in [0.2, 0.25) is 0 Å². The van der Waals surface area contributed by atoms with Gasteiger partial charge in [-0.15, -0.1) is 0 Å². The van der Waals surface area contributed by atoms with Gasteiger partial charge in [0, 0.05) is 28.1 Å². The molecule has 4 aromatic rings. The molecule has 5 heteroatoms. The molecule has 6 rings (SSSR count). The summed E-state index contributed by atoms with van der Waals surface area (Å²) >= 11 is 0. The van der Waals surface area contributed by atoms with Crippen molar-refractivity contribution < 1.29 is 9.59 Å². The Hall–Kier alpha value is -3.86. The summed E-state index contributed by atoms with van der Waals surface area (Å²) < 4.78 is 0. The zero-order chi connectivity index (χ0) is 23.8. The molecule has 0 bridgehead atoms. The summed E-state index contributed by atoms with van der Waals surface area (Å²) in [6, 6.07) is 26.0. The summed E-state index contributed by atoms with van der Waals surface area (Å²) in [6.45, 7) is 0.0441. The Kier molecular flexibility index (Phi) is 5.61. The number of benzene rings is 3. The predicted molar refractivity (Wildman–Crippen MR) is 138 cm³/mol. The van der Waals surface area contributed by atoms with Gasteiger partial charge in [0.2, 0.25) is 5.91 Å². The van der Waals surface area contributed by atoms with Gasteiger partial charge in [-0.2, -0.15) is 0 Å². The lowest BCUT2D eigenvalue weighted by Crippen LogP contribution is -2.44. The van der Waals surface area contributed by atoms with Crippen LogP contribution in [0.1, 0.15) is 59.6 Å². The number of para-hydroxylation sites is 1. The molecule has 2 heterocycles. The minimum Gasteiger partial charge on any atom is -0.354 e. The van der Waals surface area contributed by atoms with Crippen LogP contribution in [0.3, 0.4) is 0 Å². The zero-order valence-electron chi connectivity index (χ0n) is 19.7. The van der Waals surface area contributed by atoms with Crippen LogP contribution in [0, 0.1) is 0 Å². The third kappa shape index (κ3) is 3.91. The summed E-state index contributed by atoms with van der Waals surface area (Å²) in [5.74, 6) is -0.169. The van der Waals surface area contributed by atoms with E-state index in [4.69, 9.17) is 0 Å². The average Bonchev–Trinajstić information content (AvgIpc) is 3.40. The molecule has 2 aliphatic rings. The summed E-state index contributed by atoms with van der Waals surface area (Å²) in [6.07, 6.45) is 5.57. The van der Waals surface area contributed by atoms with Crippen LogP contribution in [-0.4, -0.2) is 34.3 Å². The van der Waals surface area contributed by atoms with Gasteiger partial charge >= 0.3 is 0 Å². The number of nitrogens with zero attached hydrogens (tertiary/aromatic N) is 1. The Morgan fingerprint density at radius 3 is 2.43 bits per heavy atom. The number of carbonyl (C=O) groups is 2. The van der Waals surface area contributed by atoms with Crippen LogP contribution in [-0.2, 0) is 4.79 Å². The summed E-state index contributed by atoms with van der Waals surface area (Å²) in [5, 5.41) is 4.27. The summed E-state index contributed by atoms with van der Waals surface area (Å²) in [7, 11) is 0. The summed E-state index contributed by atoms with van der Waals surface area (Å²) in [5.41, 5.74) is 5.72. The number of carbonyl (C=O) groups excluding carboxylic acids is 2. The number of rotatable bonds is 5. The molecule has 1 aliphatic carbocycles. The molecule has 1 atom stereocenters. The lowest BCUT2D eigenvalue weighted by Gasteiger charge is -2.28. The second-order valence-electron chi connectivity index (χ2n) is 9.65. The Balaban J connectivity index is 1.45. The van der Waals surface area contributed by atoms with E-state index < -0.39 is 0 Å². The third-order valence-electron chi connectivity index (χ3n) is 7.42. The Bertz CT molecular complexity index is 1390. The van der Waals surface area contributed by atoms with Crippen LogP contribution in [0.5, 0.6) is 0 Å². The highest BCUT2D eigenvalue weighted by Gasteiger charge is 2.41. The molecule has 35 heavy (non-hydrogen) atoms. The molecule has 1 aliphatic heterocycles. The first-order valence-corrected chi connectivity index (χ1v) is 12.6. The van der Waals surface area contributed by atoms with Crippen LogP contribution < -0.4 is 5.32 Å². The van der Waals surface area contributed by atoms with Crippen molar-refractivity contribution in [2.75, 3.05) is 6.54 Å². The highest BCUT2D eigenvalue weighted by Crippen LogP contribution is 2.45. The topological polar surface area (TPSA) is 65.2 Å². The molecule has 2 amide bonds. The van der Waals surface area contributed by atoms with Crippen molar-refractivity contribution in [2.45, 2.75) is 44.2 Å². The molecule has 3 aromatic carbocycles. The van der Waals surface area contributed by atoms with E-state index in [0.717, 1.165) is 59.0 Å². The normalized spacial score (nSPS) is 18.1. The molecule has 0 radical (unpaired) electrons. The van der Waals surface area contributed by atoms with Gasteiger partial charge in [0.1, 0.15) is 6.54 Å². The maximum Gasteiger partial charge on any atom is 0.255 e. The SMILES string of the molecule is O=C(CN1C(=O)c2ccccc2[C@H]1c1c(-c2ccccc2)[nH]c2ccccc12)NC1CCCCC1. The number of fused-ring (bicyclic) bond motifs is 2. The van der Waals surface area contributed by atoms with Crippen molar-refractivity contribution in [2.24, 2.45) is 0 Å². The molecule has 176 valence electrons. The van der Waals surface area contributed by atoms with Gasteiger partial charge in [-0.05, 0) is 36.1 Å². The van der Waals surface area contributed by atoms with E-state index in [2.05, 4.69) is 34.6 Å². The van der Waals surface area contributed by atoms with Gasteiger partial charge in [-0.1, -0.05) is 86.0 Å². The standard InChI is InChI=1S/C30H29N3O2/c34-26(31-21-13-5-2-6-14-21)19-33-29(22-15-7-8-16-23(22)30(33)35)27-24-17-9-10-18-25(24)32-28(27)20-11-3-1-4-12-20/h1,3-4,7-12,15-18,21,29,32H,2,5-6,13-14,19H2,(H,31,34)/t29-/m0/s1. The maximum atomic E-state index is 13.6. The molecule has 1 aromatic heterocycles. The predicted octanol–water partition coefficient (Wildman–Crippen LogP) is 5.83. The molecule has 2 N–H and O–H groups in total. The fourth-order valence-corrected chi connectivity index (χ4v) is 5.80. The second-order valence-corrected chi connectivity index (χ2v) is 9.65. The zero-order valence-corrected chi connectivity index (χ0v) is 19.7. The fraction of sp³-hybridized carbons (Fsp3) is 0.267. The monoisotopic (exact) mass is 463 g/mol. The molecular formula is C30H29N3O2. The van der Waals surface area contributed by atoms with Crippen molar-refractivity contribution in [1.29, 1.82) is 0 Å². The number of hydrogen-bond acceptors (Lipinski definition) is 2. The van der Waals surface area contributed by atoms with E-state index in [1.807, 2.05) is 54.6 Å².